The van der Waals surface area contributed by atoms with Crippen LogP contribution in [0.5, 0.6) is 11.5 Å². The molecule has 0 bridgehead atoms. The van der Waals surface area contributed by atoms with Crippen molar-refractivity contribution in [3.63, 3.8) is 0 Å². The number of ether oxygens (including phenoxy) is 2. The van der Waals surface area contributed by atoms with Crippen LogP contribution in [0.15, 0.2) is 42.5 Å². The lowest BCUT2D eigenvalue weighted by atomic mass is 9.95. The largest absolute Gasteiger partial charge is 0.497 e. The van der Waals surface area contributed by atoms with E-state index in [2.05, 4.69) is 5.32 Å². The monoisotopic (exact) mass is 452 g/mol. The Balaban J connectivity index is 1.73. The highest BCUT2D eigenvalue weighted by Gasteiger charge is 2.28. The predicted octanol–water partition coefficient (Wildman–Crippen LogP) is 4.56. The molecule has 1 aliphatic carbocycles. The summed E-state index contributed by atoms with van der Waals surface area (Å²) in [4.78, 5) is 27.9. The third-order valence-corrected chi connectivity index (χ3v) is 6.45. The minimum atomic E-state index is -0.617. The van der Waals surface area contributed by atoms with Gasteiger partial charge < -0.3 is 19.7 Å². The summed E-state index contributed by atoms with van der Waals surface area (Å²) >= 11 is 0. The number of hydrogen-bond donors (Lipinski definition) is 1. The standard InChI is InChI=1S/C27H36N2O4/c1-19-13-14-25(15-20(19)2)33-18-26(30)29(17-22-9-8-12-24(16-22)32-4)21(3)27(31)28-23-10-6-5-7-11-23/h8-9,12-16,21,23H,5-7,10-11,17-18H2,1-4H3,(H,28,31)/t21-/m1/s1. The van der Waals surface area contributed by atoms with Crippen molar-refractivity contribution in [2.75, 3.05) is 13.7 Å². The molecule has 1 N–H and O–H groups in total. The Morgan fingerprint density at radius 1 is 1.03 bits per heavy atom. The quantitative estimate of drug-likeness (QED) is 0.606. The van der Waals surface area contributed by atoms with Gasteiger partial charge in [0.25, 0.3) is 5.91 Å². The first-order chi connectivity index (χ1) is 15.9. The second-order valence-corrected chi connectivity index (χ2v) is 8.93. The highest BCUT2D eigenvalue weighted by Crippen LogP contribution is 2.20. The van der Waals surface area contributed by atoms with Gasteiger partial charge in [-0.3, -0.25) is 9.59 Å². The number of amides is 2. The summed E-state index contributed by atoms with van der Waals surface area (Å²) in [6.45, 7) is 5.99. The van der Waals surface area contributed by atoms with Gasteiger partial charge in [0.2, 0.25) is 5.91 Å². The van der Waals surface area contributed by atoms with Gasteiger partial charge in [-0.1, -0.05) is 37.5 Å². The minimum absolute atomic E-state index is 0.121. The number of nitrogens with one attached hydrogen (secondary N) is 1. The second kappa shape index (κ2) is 11.7. The van der Waals surface area contributed by atoms with Crippen LogP contribution in [0.25, 0.3) is 0 Å². The van der Waals surface area contributed by atoms with Crippen molar-refractivity contribution in [1.29, 1.82) is 0 Å². The molecule has 0 aromatic heterocycles. The smallest absolute Gasteiger partial charge is 0.261 e. The first-order valence-corrected chi connectivity index (χ1v) is 11.8. The molecule has 178 valence electrons. The molecular formula is C27H36N2O4. The van der Waals surface area contributed by atoms with Gasteiger partial charge in [0.05, 0.1) is 7.11 Å². The van der Waals surface area contributed by atoms with E-state index in [0.717, 1.165) is 36.8 Å². The van der Waals surface area contributed by atoms with Crippen molar-refractivity contribution in [2.24, 2.45) is 0 Å². The molecule has 0 radical (unpaired) electrons. The van der Waals surface area contributed by atoms with E-state index in [4.69, 9.17) is 9.47 Å². The van der Waals surface area contributed by atoms with Crippen LogP contribution in [0, 0.1) is 13.8 Å². The molecule has 6 nitrogen and oxygen atoms in total. The number of carbonyl (C=O) groups excluding carboxylic acids is 2. The van der Waals surface area contributed by atoms with Crippen LogP contribution >= 0.6 is 0 Å². The van der Waals surface area contributed by atoms with E-state index in [1.54, 1.807) is 18.9 Å². The Kier molecular flexibility index (Phi) is 8.75. The molecule has 0 heterocycles. The van der Waals surface area contributed by atoms with Crippen molar-refractivity contribution < 1.29 is 19.1 Å². The molecule has 1 atom stereocenters. The van der Waals surface area contributed by atoms with Crippen LogP contribution in [-0.2, 0) is 16.1 Å². The van der Waals surface area contributed by atoms with Crippen LogP contribution in [0.3, 0.4) is 0 Å². The molecule has 1 saturated carbocycles. The maximum atomic E-state index is 13.3. The Morgan fingerprint density at radius 2 is 1.79 bits per heavy atom. The second-order valence-electron chi connectivity index (χ2n) is 8.93. The van der Waals surface area contributed by atoms with Gasteiger partial charge in [0.1, 0.15) is 17.5 Å². The van der Waals surface area contributed by atoms with Crippen LogP contribution in [0.2, 0.25) is 0 Å². The normalized spacial score (nSPS) is 14.9. The van der Waals surface area contributed by atoms with E-state index < -0.39 is 6.04 Å². The van der Waals surface area contributed by atoms with Gasteiger partial charge >= 0.3 is 0 Å². The molecule has 0 unspecified atom stereocenters. The van der Waals surface area contributed by atoms with Gasteiger partial charge in [-0.15, -0.1) is 0 Å². The molecule has 1 aliphatic rings. The first kappa shape index (κ1) is 24.6. The van der Waals surface area contributed by atoms with Gasteiger partial charge in [0.15, 0.2) is 6.61 Å². The molecule has 2 aromatic carbocycles. The van der Waals surface area contributed by atoms with Crippen LogP contribution in [0.4, 0.5) is 0 Å². The molecular weight excluding hydrogens is 416 g/mol. The molecule has 33 heavy (non-hydrogen) atoms. The fourth-order valence-electron chi connectivity index (χ4n) is 4.15. The molecule has 1 fully saturated rings. The number of hydrogen-bond acceptors (Lipinski definition) is 4. The average molecular weight is 453 g/mol. The topological polar surface area (TPSA) is 67.9 Å². The van der Waals surface area contributed by atoms with E-state index in [9.17, 15) is 9.59 Å². The highest BCUT2D eigenvalue weighted by molar-refractivity contribution is 5.88. The number of methoxy groups -OCH3 is 1. The zero-order chi connectivity index (χ0) is 23.8. The van der Waals surface area contributed by atoms with Crippen molar-refractivity contribution in [3.05, 3.63) is 59.2 Å². The van der Waals surface area contributed by atoms with Crippen molar-refractivity contribution >= 4 is 11.8 Å². The SMILES string of the molecule is COc1cccc(CN(C(=O)COc2ccc(C)c(C)c2)[C@H](C)C(=O)NC2CCCCC2)c1. The molecule has 0 spiro atoms. The maximum Gasteiger partial charge on any atom is 0.261 e. The van der Waals surface area contributed by atoms with E-state index in [-0.39, 0.29) is 24.5 Å². The van der Waals surface area contributed by atoms with Crippen LogP contribution in [0.1, 0.15) is 55.7 Å². The lowest BCUT2D eigenvalue weighted by molar-refractivity contribution is -0.142. The number of aryl methyl sites for hydroxylation is 2. The molecule has 2 amide bonds. The van der Waals surface area contributed by atoms with Crippen molar-refractivity contribution in [3.8, 4) is 11.5 Å². The third-order valence-electron chi connectivity index (χ3n) is 6.45. The predicted molar refractivity (Wildman–Crippen MR) is 129 cm³/mol. The maximum absolute atomic E-state index is 13.3. The summed E-state index contributed by atoms with van der Waals surface area (Å²) in [6, 6.07) is 12.9. The summed E-state index contributed by atoms with van der Waals surface area (Å²) in [5, 5.41) is 3.15. The van der Waals surface area contributed by atoms with Crippen LogP contribution < -0.4 is 14.8 Å². The van der Waals surface area contributed by atoms with Gasteiger partial charge in [-0.25, -0.2) is 0 Å². The van der Waals surface area contributed by atoms with E-state index >= 15 is 0 Å². The number of nitrogens with zero attached hydrogens (tertiary/aromatic N) is 1. The summed E-state index contributed by atoms with van der Waals surface area (Å²) in [5.74, 6) is 1.00. The summed E-state index contributed by atoms with van der Waals surface area (Å²) in [6.07, 6.45) is 5.49. The summed E-state index contributed by atoms with van der Waals surface area (Å²) < 4.78 is 11.1. The zero-order valence-corrected chi connectivity index (χ0v) is 20.2. The zero-order valence-electron chi connectivity index (χ0n) is 20.2. The van der Waals surface area contributed by atoms with E-state index in [0.29, 0.717) is 18.0 Å². The Hall–Kier alpha value is -3.02. The average Bonchev–Trinajstić information content (AvgIpc) is 2.83. The summed E-state index contributed by atoms with van der Waals surface area (Å²) in [5.41, 5.74) is 3.17. The van der Waals surface area contributed by atoms with Gasteiger partial charge in [-0.2, -0.15) is 0 Å². The Labute approximate surface area is 197 Å². The van der Waals surface area contributed by atoms with Crippen molar-refractivity contribution in [1.82, 2.24) is 10.2 Å². The van der Waals surface area contributed by atoms with Crippen LogP contribution in [-0.4, -0.2) is 42.5 Å². The highest BCUT2D eigenvalue weighted by atomic mass is 16.5. The molecule has 3 rings (SSSR count). The van der Waals surface area contributed by atoms with Gasteiger partial charge in [-0.05, 0) is 74.6 Å². The Bertz CT molecular complexity index is 953. The fraction of sp³-hybridized carbons (Fsp3) is 0.481. The molecule has 6 heteroatoms. The van der Waals surface area contributed by atoms with Gasteiger partial charge in [0, 0.05) is 12.6 Å². The molecule has 0 saturated heterocycles. The number of carbonyl (C=O) groups is 2. The van der Waals surface area contributed by atoms with E-state index in [1.807, 2.05) is 56.3 Å². The number of benzene rings is 2. The van der Waals surface area contributed by atoms with E-state index in [1.165, 1.54) is 12.0 Å². The third kappa shape index (κ3) is 6.98. The first-order valence-electron chi connectivity index (χ1n) is 11.8. The Morgan fingerprint density at radius 3 is 2.48 bits per heavy atom. The fourth-order valence-corrected chi connectivity index (χ4v) is 4.15. The summed E-state index contributed by atoms with van der Waals surface area (Å²) in [7, 11) is 1.61. The lowest BCUT2D eigenvalue weighted by Crippen LogP contribution is -2.51. The van der Waals surface area contributed by atoms with Crippen molar-refractivity contribution in [2.45, 2.75) is 71.5 Å². The minimum Gasteiger partial charge on any atom is -0.497 e. The lowest BCUT2D eigenvalue weighted by Gasteiger charge is -2.31. The number of rotatable bonds is 9. The molecule has 2 aromatic rings. The molecule has 0 aliphatic heterocycles.